The number of nitrogens with zero attached hydrogens (tertiary/aromatic N) is 4. The van der Waals surface area contributed by atoms with Crippen LogP contribution in [0.5, 0.6) is 0 Å². The molecule has 3 rings (SSSR count). The van der Waals surface area contributed by atoms with Crippen molar-refractivity contribution in [2.45, 2.75) is 13.8 Å². The Morgan fingerprint density at radius 2 is 1.81 bits per heavy atom. The van der Waals surface area contributed by atoms with Gasteiger partial charge in [0.15, 0.2) is 0 Å². The first kappa shape index (κ1) is 13.8. The van der Waals surface area contributed by atoms with Gasteiger partial charge < -0.3 is 5.73 Å². The molecule has 0 amide bonds. The van der Waals surface area contributed by atoms with Crippen LogP contribution in [-0.4, -0.2) is 19.7 Å². The van der Waals surface area contributed by atoms with E-state index in [0.717, 1.165) is 27.1 Å². The fraction of sp³-hybridized carbons (Fsp3) is 0.133. The summed E-state index contributed by atoms with van der Waals surface area (Å²) in [6.07, 6.45) is 1.74. The zero-order valence-corrected chi connectivity index (χ0v) is 13.3. The van der Waals surface area contributed by atoms with Gasteiger partial charge in [-0.2, -0.15) is 5.10 Å². The van der Waals surface area contributed by atoms with Gasteiger partial charge >= 0.3 is 0 Å². The van der Waals surface area contributed by atoms with Crippen molar-refractivity contribution in [1.29, 1.82) is 0 Å². The third kappa shape index (κ3) is 2.80. The number of hydrogen-bond acceptors (Lipinski definition) is 4. The quantitative estimate of drug-likeness (QED) is 0.774. The predicted octanol–water partition coefficient (Wildman–Crippen LogP) is 3.29. The number of anilines is 1. The third-order valence-corrected chi connectivity index (χ3v) is 3.51. The molecular weight excluding hydrogens is 330 g/mol. The first-order chi connectivity index (χ1) is 10.0. The number of halogens is 1. The standard InChI is InChI=1S/C15H14BrN5/c1-9-6-10(2)19-15(18-9)21-8-13(17)14(20-21)11-4-3-5-12(16)7-11/h3-8H,17H2,1-2H3. The van der Waals surface area contributed by atoms with Crippen LogP contribution in [0.2, 0.25) is 0 Å². The average Bonchev–Trinajstić information content (AvgIpc) is 2.80. The summed E-state index contributed by atoms with van der Waals surface area (Å²) in [4.78, 5) is 8.79. The van der Waals surface area contributed by atoms with Crippen molar-refractivity contribution in [3.05, 3.63) is 52.4 Å². The van der Waals surface area contributed by atoms with Crippen LogP contribution in [0.15, 0.2) is 41.0 Å². The number of aromatic nitrogens is 4. The second kappa shape index (κ2) is 5.29. The predicted molar refractivity (Wildman–Crippen MR) is 86.2 cm³/mol. The van der Waals surface area contributed by atoms with E-state index in [4.69, 9.17) is 5.73 Å². The largest absolute Gasteiger partial charge is 0.396 e. The molecule has 2 heterocycles. The zero-order valence-electron chi connectivity index (χ0n) is 11.7. The number of rotatable bonds is 2. The molecule has 0 spiro atoms. The normalized spacial score (nSPS) is 10.8. The van der Waals surface area contributed by atoms with E-state index in [1.165, 1.54) is 0 Å². The monoisotopic (exact) mass is 343 g/mol. The van der Waals surface area contributed by atoms with Gasteiger partial charge in [0.05, 0.1) is 11.9 Å². The van der Waals surface area contributed by atoms with E-state index < -0.39 is 0 Å². The fourth-order valence-electron chi connectivity index (χ4n) is 2.16. The first-order valence-electron chi connectivity index (χ1n) is 6.46. The summed E-state index contributed by atoms with van der Waals surface area (Å²) in [5.41, 5.74) is 10.1. The summed E-state index contributed by atoms with van der Waals surface area (Å²) in [6.45, 7) is 3.86. The average molecular weight is 344 g/mol. The molecular formula is C15H14BrN5. The fourth-order valence-corrected chi connectivity index (χ4v) is 2.56. The van der Waals surface area contributed by atoms with E-state index in [1.807, 2.05) is 44.2 Å². The van der Waals surface area contributed by atoms with Gasteiger partial charge in [0.2, 0.25) is 0 Å². The highest BCUT2D eigenvalue weighted by Gasteiger charge is 2.12. The summed E-state index contributed by atoms with van der Waals surface area (Å²) >= 11 is 3.45. The molecule has 0 bridgehead atoms. The maximum atomic E-state index is 6.08. The van der Waals surface area contributed by atoms with Crippen LogP contribution in [-0.2, 0) is 0 Å². The minimum Gasteiger partial charge on any atom is -0.396 e. The number of nitrogens with two attached hydrogens (primary N) is 1. The maximum Gasteiger partial charge on any atom is 0.251 e. The summed E-state index contributed by atoms with van der Waals surface area (Å²) in [5, 5.41) is 4.52. The molecule has 0 aliphatic carbocycles. The molecule has 0 radical (unpaired) electrons. The molecule has 21 heavy (non-hydrogen) atoms. The third-order valence-electron chi connectivity index (χ3n) is 3.02. The van der Waals surface area contributed by atoms with Crippen LogP contribution in [0.25, 0.3) is 17.2 Å². The Bertz CT molecular complexity index is 789. The zero-order chi connectivity index (χ0) is 15.0. The lowest BCUT2D eigenvalue weighted by molar-refractivity contribution is 0.796. The highest BCUT2D eigenvalue weighted by atomic mass is 79.9. The molecule has 0 saturated heterocycles. The Labute approximate surface area is 131 Å². The van der Waals surface area contributed by atoms with Crippen LogP contribution in [0.3, 0.4) is 0 Å². The molecule has 0 atom stereocenters. The SMILES string of the molecule is Cc1cc(C)nc(-n2cc(N)c(-c3cccc(Br)c3)n2)n1. The van der Waals surface area contributed by atoms with Crippen molar-refractivity contribution >= 4 is 21.6 Å². The molecule has 0 saturated carbocycles. The number of hydrogen-bond donors (Lipinski definition) is 1. The summed E-state index contributed by atoms with van der Waals surface area (Å²) in [5.74, 6) is 0.528. The van der Waals surface area contributed by atoms with Crippen molar-refractivity contribution < 1.29 is 0 Å². The second-order valence-corrected chi connectivity index (χ2v) is 5.75. The van der Waals surface area contributed by atoms with Crippen LogP contribution in [0, 0.1) is 13.8 Å². The van der Waals surface area contributed by atoms with Gasteiger partial charge in [0.25, 0.3) is 5.95 Å². The topological polar surface area (TPSA) is 69.6 Å². The van der Waals surface area contributed by atoms with Gasteiger partial charge in [-0.25, -0.2) is 14.6 Å². The Kier molecular flexibility index (Phi) is 3.47. The molecule has 5 nitrogen and oxygen atoms in total. The molecule has 0 aliphatic rings. The van der Waals surface area contributed by atoms with Gasteiger partial charge in [-0.3, -0.25) is 0 Å². The first-order valence-corrected chi connectivity index (χ1v) is 7.26. The van der Waals surface area contributed by atoms with Gasteiger partial charge in [0.1, 0.15) is 5.69 Å². The smallest absolute Gasteiger partial charge is 0.251 e. The molecule has 6 heteroatoms. The van der Waals surface area contributed by atoms with Crippen molar-refractivity contribution in [2.75, 3.05) is 5.73 Å². The van der Waals surface area contributed by atoms with Crippen LogP contribution < -0.4 is 5.73 Å². The number of aryl methyl sites for hydroxylation is 2. The minimum absolute atomic E-state index is 0.528. The van der Waals surface area contributed by atoms with Gasteiger partial charge in [-0.1, -0.05) is 28.1 Å². The van der Waals surface area contributed by atoms with E-state index in [2.05, 4.69) is 31.0 Å². The van der Waals surface area contributed by atoms with E-state index in [9.17, 15) is 0 Å². The van der Waals surface area contributed by atoms with Crippen LogP contribution in [0.4, 0.5) is 5.69 Å². The second-order valence-electron chi connectivity index (χ2n) is 4.84. The molecule has 106 valence electrons. The highest BCUT2D eigenvalue weighted by Crippen LogP contribution is 2.27. The molecule has 0 aliphatic heterocycles. The van der Waals surface area contributed by atoms with E-state index in [1.54, 1.807) is 10.9 Å². The van der Waals surface area contributed by atoms with Crippen LogP contribution >= 0.6 is 15.9 Å². The molecule has 1 aromatic carbocycles. The molecule has 3 aromatic rings. The van der Waals surface area contributed by atoms with E-state index >= 15 is 0 Å². The number of nitrogen functional groups attached to an aromatic ring is 1. The molecule has 2 N–H and O–H groups in total. The Balaban J connectivity index is 2.09. The lowest BCUT2D eigenvalue weighted by Gasteiger charge is -2.02. The Morgan fingerprint density at radius 3 is 2.48 bits per heavy atom. The maximum absolute atomic E-state index is 6.08. The highest BCUT2D eigenvalue weighted by molar-refractivity contribution is 9.10. The molecule has 0 fully saturated rings. The number of benzene rings is 1. The van der Waals surface area contributed by atoms with Crippen molar-refractivity contribution in [1.82, 2.24) is 19.7 Å². The Morgan fingerprint density at radius 1 is 1.10 bits per heavy atom. The van der Waals surface area contributed by atoms with Crippen molar-refractivity contribution in [3.63, 3.8) is 0 Å². The van der Waals surface area contributed by atoms with Crippen molar-refractivity contribution in [2.24, 2.45) is 0 Å². The Hall–Kier alpha value is -2.21. The molecule has 0 unspecified atom stereocenters. The summed E-state index contributed by atoms with van der Waals surface area (Å²) < 4.78 is 2.60. The van der Waals surface area contributed by atoms with Gasteiger partial charge in [-0.15, -0.1) is 0 Å². The summed E-state index contributed by atoms with van der Waals surface area (Å²) in [7, 11) is 0. The van der Waals surface area contributed by atoms with Crippen LogP contribution in [0.1, 0.15) is 11.4 Å². The van der Waals surface area contributed by atoms with Crippen molar-refractivity contribution in [3.8, 4) is 17.2 Å². The molecule has 2 aromatic heterocycles. The van der Waals surface area contributed by atoms with Gasteiger partial charge in [-0.05, 0) is 32.0 Å². The van der Waals surface area contributed by atoms with Gasteiger partial charge in [0, 0.05) is 21.4 Å². The van der Waals surface area contributed by atoms with E-state index in [-0.39, 0.29) is 0 Å². The summed E-state index contributed by atoms with van der Waals surface area (Å²) in [6, 6.07) is 9.78. The minimum atomic E-state index is 0.528. The lowest BCUT2D eigenvalue weighted by atomic mass is 10.1. The van der Waals surface area contributed by atoms with E-state index in [0.29, 0.717) is 11.6 Å². The lowest BCUT2D eigenvalue weighted by Crippen LogP contribution is -2.04.